The summed E-state index contributed by atoms with van der Waals surface area (Å²) in [5.74, 6) is -0.0587. The third-order valence-corrected chi connectivity index (χ3v) is 3.17. The molecule has 0 aliphatic carbocycles. The molecule has 4 nitrogen and oxygen atoms in total. The standard InChI is InChI=1S/C15H20N2O2/c1-12-10-13-6-3-4-7-14(13)17(12)9-5-8-16-15(18)11-19-2/h3-4,6-7,10H,5,8-9,11H2,1-2H3,(H,16,18). The van der Waals surface area contributed by atoms with Crippen molar-refractivity contribution in [1.82, 2.24) is 9.88 Å². The molecule has 2 rings (SSSR count). The van der Waals surface area contributed by atoms with Crippen molar-refractivity contribution in [3.8, 4) is 0 Å². The van der Waals surface area contributed by atoms with E-state index in [-0.39, 0.29) is 12.5 Å². The summed E-state index contributed by atoms with van der Waals surface area (Å²) in [4.78, 5) is 11.2. The number of amides is 1. The lowest BCUT2D eigenvalue weighted by Crippen LogP contribution is -2.28. The third-order valence-electron chi connectivity index (χ3n) is 3.17. The van der Waals surface area contributed by atoms with Crippen molar-refractivity contribution in [3.05, 3.63) is 36.0 Å². The molecule has 0 aliphatic heterocycles. The summed E-state index contributed by atoms with van der Waals surface area (Å²) in [5, 5.41) is 4.10. The van der Waals surface area contributed by atoms with Crippen LogP contribution in [0.5, 0.6) is 0 Å². The number of para-hydroxylation sites is 1. The van der Waals surface area contributed by atoms with Crippen LogP contribution in [-0.4, -0.2) is 30.7 Å². The van der Waals surface area contributed by atoms with Crippen molar-refractivity contribution in [2.24, 2.45) is 0 Å². The monoisotopic (exact) mass is 260 g/mol. The molecular formula is C15H20N2O2. The summed E-state index contributed by atoms with van der Waals surface area (Å²) in [6, 6.07) is 10.6. The predicted molar refractivity (Wildman–Crippen MR) is 76.2 cm³/mol. The zero-order valence-electron chi connectivity index (χ0n) is 11.5. The minimum absolute atomic E-state index is 0.0587. The molecule has 1 aromatic heterocycles. The van der Waals surface area contributed by atoms with Crippen LogP contribution in [0, 0.1) is 6.92 Å². The van der Waals surface area contributed by atoms with Crippen LogP contribution >= 0.6 is 0 Å². The summed E-state index contributed by atoms with van der Waals surface area (Å²) < 4.78 is 7.06. The Balaban J connectivity index is 1.91. The second-order valence-corrected chi connectivity index (χ2v) is 4.63. The predicted octanol–water partition coefficient (Wildman–Crippen LogP) is 2.10. The highest BCUT2D eigenvalue weighted by Gasteiger charge is 2.04. The van der Waals surface area contributed by atoms with Crippen molar-refractivity contribution in [2.75, 3.05) is 20.3 Å². The van der Waals surface area contributed by atoms with Gasteiger partial charge in [0.05, 0.1) is 0 Å². The molecule has 102 valence electrons. The van der Waals surface area contributed by atoms with Crippen molar-refractivity contribution < 1.29 is 9.53 Å². The number of rotatable bonds is 6. The number of carbonyl (C=O) groups is 1. The first kappa shape index (κ1) is 13.6. The molecule has 0 aliphatic rings. The fourth-order valence-corrected chi connectivity index (χ4v) is 2.29. The number of ether oxygens (including phenoxy) is 1. The van der Waals surface area contributed by atoms with Crippen LogP contribution in [0.2, 0.25) is 0 Å². The molecule has 0 bridgehead atoms. The minimum atomic E-state index is -0.0587. The van der Waals surface area contributed by atoms with E-state index < -0.39 is 0 Å². The van der Waals surface area contributed by atoms with Gasteiger partial charge in [0.25, 0.3) is 0 Å². The van der Waals surface area contributed by atoms with Gasteiger partial charge in [-0.3, -0.25) is 4.79 Å². The van der Waals surface area contributed by atoms with E-state index in [1.807, 2.05) is 0 Å². The highest BCUT2D eigenvalue weighted by Crippen LogP contribution is 2.19. The number of methoxy groups -OCH3 is 1. The highest BCUT2D eigenvalue weighted by molar-refractivity contribution is 5.81. The normalized spacial score (nSPS) is 10.8. The Kier molecular flexibility index (Phi) is 4.58. The van der Waals surface area contributed by atoms with Crippen molar-refractivity contribution >= 4 is 16.8 Å². The largest absolute Gasteiger partial charge is 0.375 e. The Morgan fingerprint density at radius 3 is 2.95 bits per heavy atom. The van der Waals surface area contributed by atoms with Gasteiger partial charge in [-0.15, -0.1) is 0 Å². The number of benzene rings is 1. The van der Waals surface area contributed by atoms with Crippen LogP contribution in [0.1, 0.15) is 12.1 Å². The van der Waals surface area contributed by atoms with Gasteiger partial charge in [-0.05, 0) is 30.9 Å². The molecule has 1 N–H and O–H groups in total. The average Bonchev–Trinajstić information content (AvgIpc) is 2.71. The molecular weight excluding hydrogens is 240 g/mol. The van der Waals surface area contributed by atoms with E-state index in [0.717, 1.165) is 13.0 Å². The summed E-state index contributed by atoms with van der Waals surface area (Å²) in [7, 11) is 1.52. The number of aromatic nitrogens is 1. The van der Waals surface area contributed by atoms with Gasteiger partial charge in [-0.1, -0.05) is 18.2 Å². The van der Waals surface area contributed by atoms with Gasteiger partial charge in [0.15, 0.2) is 0 Å². The zero-order chi connectivity index (χ0) is 13.7. The van der Waals surface area contributed by atoms with Gasteiger partial charge in [-0.2, -0.15) is 0 Å². The first-order chi connectivity index (χ1) is 9.22. The molecule has 0 fully saturated rings. The van der Waals surface area contributed by atoms with Gasteiger partial charge in [0.2, 0.25) is 5.91 Å². The lowest BCUT2D eigenvalue weighted by atomic mass is 10.2. The van der Waals surface area contributed by atoms with Crippen LogP contribution in [0.4, 0.5) is 0 Å². The third kappa shape index (κ3) is 3.35. The lowest BCUT2D eigenvalue weighted by molar-refractivity contribution is -0.124. The van der Waals surface area contributed by atoms with Crippen molar-refractivity contribution in [1.29, 1.82) is 0 Å². The fraction of sp³-hybridized carbons (Fsp3) is 0.400. The Bertz CT molecular complexity index is 560. The van der Waals surface area contributed by atoms with Gasteiger partial charge in [0.1, 0.15) is 6.61 Å². The molecule has 1 amide bonds. The molecule has 4 heteroatoms. The van der Waals surface area contributed by atoms with Gasteiger partial charge >= 0.3 is 0 Å². The van der Waals surface area contributed by atoms with Crippen molar-refractivity contribution in [3.63, 3.8) is 0 Å². The van der Waals surface area contributed by atoms with Gasteiger partial charge in [-0.25, -0.2) is 0 Å². The molecule has 2 aromatic rings. The number of aryl methyl sites for hydroxylation is 2. The Morgan fingerprint density at radius 2 is 2.16 bits per heavy atom. The fourth-order valence-electron chi connectivity index (χ4n) is 2.29. The summed E-state index contributed by atoms with van der Waals surface area (Å²) in [5.41, 5.74) is 2.51. The van der Waals surface area contributed by atoms with Gasteiger partial charge in [0, 0.05) is 31.4 Å². The molecule has 0 radical (unpaired) electrons. The number of hydrogen-bond donors (Lipinski definition) is 1. The second-order valence-electron chi connectivity index (χ2n) is 4.63. The lowest BCUT2D eigenvalue weighted by Gasteiger charge is -2.09. The number of carbonyl (C=O) groups excluding carboxylic acids is 1. The van der Waals surface area contributed by atoms with Gasteiger partial charge < -0.3 is 14.6 Å². The highest BCUT2D eigenvalue weighted by atomic mass is 16.5. The number of nitrogens with zero attached hydrogens (tertiary/aromatic N) is 1. The molecule has 0 unspecified atom stereocenters. The maximum Gasteiger partial charge on any atom is 0.245 e. The van der Waals surface area contributed by atoms with E-state index in [4.69, 9.17) is 4.74 Å². The maximum atomic E-state index is 11.2. The van der Waals surface area contributed by atoms with Crippen LogP contribution in [0.25, 0.3) is 10.9 Å². The van der Waals surface area contributed by atoms with Crippen molar-refractivity contribution in [2.45, 2.75) is 19.9 Å². The molecule has 0 saturated carbocycles. The van der Waals surface area contributed by atoms with E-state index in [9.17, 15) is 4.79 Å². The molecule has 19 heavy (non-hydrogen) atoms. The van der Waals surface area contributed by atoms with Crippen LogP contribution in [-0.2, 0) is 16.1 Å². The molecule has 0 atom stereocenters. The van der Waals surface area contributed by atoms with E-state index in [0.29, 0.717) is 6.54 Å². The van der Waals surface area contributed by atoms with Crippen LogP contribution in [0.3, 0.4) is 0 Å². The smallest absolute Gasteiger partial charge is 0.245 e. The second kappa shape index (κ2) is 6.38. The number of nitrogens with one attached hydrogen (secondary N) is 1. The summed E-state index contributed by atoms with van der Waals surface area (Å²) in [6.45, 7) is 3.83. The van der Waals surface area contributed by atoms with E-state index >= 15 is 0 Å². The van der Waals surface area contributed by atoms with Crippen LogP contribution < -0.4 is 5.32 Å². The molecule has 0 saturated heterocycles. The Morgan fingerprint density at radius 1 is 1.37 bits per heavy atom. The first-order valence-electron chi connectivity index (χ1n) is 6.53. The SMILES string of the molecule is COCC(=O)NCCCn1c(C)cc2ccccc21. The first-order valence-corrected chi connectivity index (χ1v) is 6.53. The molecule has 1 heterocycles. The summed E-state index contributed by atoms with van der Waals surface area (Å²) >= 11 is 0. The topological polar surface area (TPSA) is 43.3 Å². The van der Waals surface area contributed by atoms with E-state index in [1.54, 1.807) is 0 Å². The number of hydrogen-bond acceptors (Lipinski definition) is 2. The quantitative estimate of drug-likeness (QED) is 0.808. The summed E-state index contributed by atoms with van der Waals surface area (Å²) in [6.07, 6.45) is 0.912. The maximum absolute atomic E-state index is 11.2. The Labute approximate surface area is 113 Å². The Hall–Kier alpha value is -1.81. The minimum Gasteiger partial charge on any atom is -0.375 e. The van der Waals surface area contributed by atoms with E-state index in [1.165, 1.54) is 23.7 Å². The molecule has 0 spiro atoms. The zero-order valence-corrected chi connectivity index (χ0v) is 11.5. The van der Waals surface area contributed by atoms with E-state index in [2.05, 4.69) is 47.1 Å². The average molecular weight is 260 g/mol. The number of fused-ring (bicyclic) bond motifs is 1. The van der Waals surface area contributed by atoms with Crippen LogP contribution in [0.15, 0.2) is 30.3 Å². The molecule has 1 aromatic carbocycles.